The summed E-state index contributed by atoms with van der Waals surface area (Å²) in [5.41, 5.74) is 4.50. The van der Waals surface area contributed by atoms with Crippen LogP contribution in [-0.2, 0) is 0 Å². The van der Waals surface area contributed by atoms with Crippen molar-refractivity contribution in [2.45, 2.75) is 90.9 Å². The Morgan fingerprint density at radius 2 is 0.667 bits per heavy atom. The lowest BCUT2D eigenvalue weighted by Crippen LogP contribution is -2.03. The highest BCUT2D eigenvalue weighted by molar-refractivity contribution is 6.25. The van der Waals surface area contributed by atoms with E-state index in [-0.39, 0.29) is 0 Å². The minimum absolute atomic E-state index is 0.696. The summed E-state index contributed by atoms with van der Waals surface area (Å²) in [5, 5.41) is 15.6. The summed E-state index contributed by atoms with van der Waals surface area (Å²) in [6.45, 7) is 5.94. The lowest BCUT2D eigenvalue weighted by atomic mass is 9.91. The Hall–Kier alpha value is -5.86. The van der Waals surface area contributed by atoms with Crippen molar-refractivity contribution in [3.05, 3.63) is 144 Å². The molecule has 0 atom stereocenters. The zero-order chi connectivity index (χ0) is 40.7. The molecule has 0 unspecified atom stereocenters. The average Bonchev–Trinajstić information content (AvgIpc) is 3.29. The molecule has 0 aliphatic heterocycles. The fraction of sp³-hybridized carbons (Fsp3) is 0.276. The van der Waals surface area contributed by atoms with Crippen LogP contribution in [-0.4, -0.2) is 13.2 Å². The van der Waals surface area contributed by atoms with Gasteiger partial charge in [0.2, 0.25) is 0 Å². The Morgan fingerprint density at radius 3 is 1.08 bits per heavy atom. The van der Waals surface area contributed by atoms with E-state index in [0.717, 1.165) is 35.5 Å². The topological polar surface area (TPSA) is 18.5 Å². The predicted octanol–water partition coefficient (Wildman–Crippen LogP) is 17.3. The Labute approximate surface area is 356 Å². The van der Waals surface area contributed by atoms with Crippen LogP contribution in [0.25, 0.3) is 88.9 Å². The van der Waals surface area contributed by atoms with Crippen molar-refractivity contribution in [1.29, 1.82) is 0 Å². The van der Waals surface area contributed by atoms with E-state index in [9.17, 15) is 0 Å². The molecule has 0 radical (unpaired) electrons. The number of ether oxygens (including phenoxy) is 2. The molecule has 9 rings (SSSR count). The van der Waals surface area contributed by atoms with E-state index in [2.05, 4.69) is 159 Å². The number of benzene rings is 9. The van der Waals surface area contributed by atoms with Gasteiger partial charge in [0.05, 0.1) is 13.2 Å². The molecule has 0 amide bonds. The van der Waals surface area contributed by atoms with Crippen LogP contribution in [0.15, 0.2) is 121 Å². The van der Waals surface area contributed by atoms with Crippen LogP contribution in [0, 0.1) is 0 Å². The zero-order valence-corrected chi connectivity index (χ0v) is 35.6. The SMILES string of the molecule is CCCCCCCCOc1cc(/C=C/c2ccc3ccc4cccc5ccc2c3c45)c(OCCCCCCCC)cc1/C=C/c1ccc2ccc3cccc4ccc1c2c34. The third kappa shape index (κ3) is 8.30. The average molecular weight is 787 g/mol. The molecule has 9 aromatic rings. The zero-order valence-electron chi connectivity index (χ0n) is 35.6. The molecule has 0 aliphatic rings. The second-order valence-corrected chi connectivity index (χ2v) is 16.8. The minimum Gasteiger partial charge on any atom is -0.493 e. The maximum Gasteiger partial charge on any atom is 0.127 e. The Bertz CT molecular complexity index is 2680. The largest absolute Gasteiger partial charge is 0.493 e. The molecule has 0 aromatic heterocycles. The third-order valence-corrected chi connectivity index (χ3v) is 12.7. The summed E-state index contributed by atoms with van der Waals surface area (Å²) in [5.74, 6) is 1.80. The van der Waals surface area contributed by atoms with Crippen LogP contribution in [0.2, 0.25) is 0 Å². The number of hydrogen-bond donors (Lipinski definition) is 0. The summed E-state index contributed by atoms with van der Waals surface area (Å²) in [6, 6.07) is 44.9. The first-order chi connectivity index (χ1) is 29.7. The van der Waals surface area contributed by atoms with Gasteiger partial charge in [0.25, 0.3) is 0 Å². The monoisotopic (exact) mass is 786 g/mol. The molecule has 0 fully saturated rings. The molecule has 2 heteroatoms. The van der Waals surface area contributed by atoms with Crippen molar-refractivity contribution >= 4 is 88.9 Å². The van der Waals surface area contributed by atoms with Crippen LogP contribution in [0.5, 0.6) is 11.5 Å². The Morgan fingerprint density at radius 1 is 0.333 bits per heavy atom. The minimum atomic E-state index is 0.696. The van der Waals surface area contributed by atoms with Gasteiger partial charge in [-0.3, -0.25) is 0 Å². The highest BCUT2D eigenvalue weighted by Gasteiger charge is 2.14. The van der Waals surface area contributed by atoms with Crippen LogP contribution >= 0.6 is 0 Å². The molecule has 0 spiro atoms. The molecule has 0 heterocycles. The van der Waals surface area contributed by atoms with Gasteiger partial charge in [0.1, 0.15) is 11.5 Å². The van der Waals surface area contributed by atoms with Crippen molar-refractivity contribution in [1.82, 2.24) is 0 Å². The van der Waals surface area contributed by atoms with Gasteiger partial charge < -0.3 is 9.47 Å². The van der Waals surface area contributed by atoms with Crippen molar-refractivity contribution in [2.75, 3.05) is 13.2 Å². The molecule has 302 valence electrons. The second kappa shape index (κ2) is 18.6. The first-order valence-corrected chi connectivity index (χ1v) is 22.8. The Kier molecular flexibility index (Phi) is 12.3. The molecule has 0 N–H and O–H groups in total. The van der Waals surface area contributed by atoms with E-state index >= 15 is 0 Å². The molecule has 0 saturated heterocycles. The smallest absolute Gasteiger partial charge is 0.127 e. The van der Waals surface area contributed by atoms with E-state index in [1.165, 1.54) is 140 Å². The van der Waals surface area contributed by atoms with Crippen molar-refractivity contribution in [3.63, 3.8) is 0 Å². The lowest BCUT2D eigenvalue weighted by Gasteiger charge is -2.16. The number of rotatable bonds is 20. The maximum atomic E-state index is 6.75. The van der Waals surface area contributed by atoms with E-state index in [4.69, 9.17) is 9.47 Å². The van der Waals surface area contributed by atoms with Gasteiger partial charge in [0, 0.05) is 11.1 Å². The van der Waals surface area contributed by atoms with Gasteiger partial charge in [0.15, 0.2) is 0 Å². The van der Waals surface area contributed by atoms with Gasteiger partial charge in [-0.25, -0.2) is 0 Å². The van der Waals surface area contributed by atoms with Crippen molar-refractivity contribution < 1.29 is 9.47 Å². The molecule has 0 saturated carbocycles. The molecule has 2 nitrogen and oxygen atoms in total. The van der Waals surface area contributed by atoms with Crippen molar-refractivity contribution in [2.24, 2.45) is 0 Å². The molecule has 9 aromatic carbocycles. The third-order valence-electron chi connectivity index (χ3n) is 12.7. The van der Waals surface area contributed by atoms with Gasteiger partial charge in [-0.2, -0.15) is 0 Å². The van der Waals surface area contributed by atoms with E-state index in [0.29, 0.717) is 13.2 Å². The summed E-state index contributed by atoms with van der Waals surface area (Å²) in [7, 11) is 0. The fourth-order valence-electron chi connectivity index (χ4n) is 9.40. The van der Waals surface area contributed by atoms with Crippen LogP contribution in [0.4, 0.5) is 0 Å². The quantitative estimate of drug-likeness (QED) is 0.0435. The summed E-state index contributed by atoms with van der Waals surface area (Å²) >= 11 is 0. The second-order valence-electron chi connectivity index (χ2n) is 16.8. The summed E-state index contributed by atoms with van der Waals surface area (Å²) in [6.07, 6.45) is 23.8. The molecule has 60 heavy (non-hydrogen) atoms. The highest BCUT2D eigenvalue weighted by atomic mass is 16.5. The van der Waals surface area contributed by atoms with Crippen LogP contribution in [0.1, 0.15) is 113 Å². The van der Waals surface area contributed by atoms with Crippen molar-refractivity contribution in [3.8, 4) is 11.5 Å². The lowest BCUT2D eigenvalue weighted by molar-refractivity contribution is 0.295. The van der Waals surface area contributed by atoms with Gasteiger partial charge in [-0.05, 0) is 101 Å². The highest BCUT2D eigenvalue weighted by Crippen LogP contribution is 2.39. The summed E-state index contributed by atoms with van der Waals surface area (Å²) in [4.78, 5) is 0. The van der Waals surface area contributed by atoms with Gasteiger partial charge >= 0.3 is 0 Å². The number of hydrogen-bond acceptors (Lipinski definition) is 2. The molecule has 0 bridgehead atoms. The standard InChI is InChI=1S/C58H58O2/c1-3-5-7-9-11-13-37-59-53-39-50(32-24-42-22-26-48-30-28-44-18-16-20-46-34-36-52(42)58(48)56(44)46)54(60-38-14-12-10-8-6-4-2)40-49(53)31-23-41-21-25-47-29-27-43-17-15-19-45-33-35-51(41)57(47)55(43)45/h15-36,39-40H,3-14,37-38H2,1-2H3/b31-23+,32-24+. The molecule has 0 aliphatic carbocycles. The Balaban J connectivity index is 1.09. The van der Waals surface area contributed by atoms with E-state index < -0.39 is 0 Å². The fourth-order valence-corrected chi connectivity index (χ4v) is 9.40. The van der Waals surface area contributed by atoms with Gasteiger partial charge in [-0.1, -0.05) is 212 Å². The molecular weight excluding hydrogens is 729 g/mol. The first-order valence-electron chi connectivity index (χ1n) is 22.8. The molecular formula is C58H58O2. The first kappa shape index (κ1) is 39.6. The maximum absolute atomic E-state index is 6.75. The normalized spacial score (nSPS) is 12.3. The van der Waals surface area contributed by atoms with Gasteiger partial charge in [-0.15, -0.1) is 0 Å². The van der Waals surface area contributed by atoms with E-state index in [1.54, 1.807) is 0 Å². The van der Waals surface area contributed by atoms with Crippen LogP contribution in [0.3, 0.4) is 0 Å². The predicted molar refractivity (Wildman–Crippen MR) is 262 cm³/mol. The number of unbranched alkanes of at least 4 members (excludes halogenated alkanes) is 10. The van der Waals surface area contributed by atoms with E-state index in [1.807, 2.05) is 0 Å². The van der Waals surface area contributed by atoms with Crippen LogP contribution < -0.4 is 9.47 Å². The summed E-state index contributed by atoms with van der Waals surface area (Å²) < 4.78 is 13.5.